The predicted octanol–water partition coefficient (Wildman–Crippen LogP) is -1.68. The minimum absolute atomic E-state index is 0.209. The summed E-state index contributed by atoms with van der Waals surface area (Å²) in [6, 6.07) is -0.336. The second-order valence-electron chi connectivity index (χ2n) is 3.64. The van der Waals surface area contributed by atoms with Crippen LogP contribution in [0.1, 0.15) is 6.42 Å². The molecule has 1 heterocycles. The fraction of sp³-hybridized carbons (Fsp3) is 1.00. The van der Waals surface area contributed by atoms with Crippen LogP contribution in [0, 0.1) is 0 Å². The Hall–Kier alpha value is 0.245. The van der Waals surface area contributed by atoms with Crippen LogP contribution in [0.5, 0.6) is 0 Å². The average Bonchev–Trinajstić information content (AvgIpc) is 2.38. The van der Waals surface area contributed by atoms with Crippen molar-refractivity contribution in [3.05, 3.63) is 0 Å². The fourth-order valence-electron chi connectivity index (χ4n) is 1.52. The maximum atomic E-state index is 10.7. The molecule has 1 fully saturated rings. The summed E-state index contributed by atoms with van der Waals surface area (Å²) in [5.74, 6) is 0. The van der Waals surface area contributed by atoms with E-state index in [1.54, 1.807) is 7.85 Å². The number of hydrogen-bond donors (Lipinski definition) is 4. The van der Waals surface area contributed by atoms with Crippen molar-refractivity contribution in [2.24, 2.45) is 0 Å². The van der Waals surface area contributed by atoms with E-state index in [4.69, 9.17) is 24.3 Å². The van der Waals surface area contributed by atoms with Crippen LogP contribution in [-0.2, 0) is 22.9 Å². The normalized spacial score (nSPS) is 30.7. The molecule has 0 bridgehead atoms. The van der Waals surface area contributed by atoms with Crippen LogP contribution >= 0.6 is 15.6 Å². The van der Waals surface area contributed by atoms with Crippen molar-refractivity contribution in [2.45, 2.75) is 24.6 Å². The van der Waals surface area contributed by atoms with Gasteiger partial charge in [-0.1, -0.05) is 0 Å². The summed E-state index contributed by atoms with van der Waals surface area (Å²) >= 11 is 0. The molecule has 0 aromatic heterocycles. The molecule has 4 N–H and O–H groups in total. The highest BCUT2D eigenvalue weighted by molar-refractivity contribution is 7.46. The molecule has 1 aliphatic rings. The standard InChI is InChI=1S/C5H13BO9P2/c6-5-1-3(15-17(10,11)12)4(14-5)2-13-16(7,8)9/h3-5H,1-2,6H2,(H2,7,8,9)(H2,10,11,12)/t3-,4-,5-/m1/s1. The van der Waals surface area contributed by atoms with Gasteiger partial charge in [0.15, 0.2) is 0 Å². The third-order valence-electron chi connectivity index (χ3n) is 2.07. The molecule has 0 radical (unpaired) electrons. The van der Waals surface area contributed by atoms with E-state index in [9.17, 15) is 9.13 Å². The van der Waals surface area contributed by atoms with Gasteiger partial charge in [0.05, 0.1) is 12.7 Å². The van der Waals surface area contributed by atoms with Gasteiger partial charge in [-0.15, -0.1) is 0 Å². The Bertz CT molecular complexity index is 349. The van der Waals surface area contributed by atoms with Gasteiger partial charge in [0.25, 0.3) is 0 Å². The number of rotatable bonds is 5. The minimum atomic E-state index is -4.67. The SMILES string of the molecule is B[C@H]1C[C@@H](OP(=O)(O)O)[C@@H](COP(=O)(O)O)O1. The largest absolute Gasteiger partial charge is 0.469 e. The van der Waals surface area contributed by atoms with Crippen LogP contribution in [0.4, 0.5) is 0 Å². The fourth-order valence-corrected chi connectivity index (χ4v) is 2.44. The number of phosphoric acid groups is 2. The van der Waals surface area contributed by atoms with Gasteiger partial charge in [-0.05, 0) is 6.42 Å². The predicted molar refractivity (Wildman–Crippen MR) is 56.7 cm³/mol. The van der Waals surface area contributed by atoms with Crippen LogP contribution in [0.25, 0.3) is 0 Å². The lowest BCUT2D eigenvalue weighted by Crippen LogP contribution is -2.28. The van der Waals surface area contributed by atoms with Crippen molar-refractivity contribution >= 4 is 23.5 Å². The van der Waals surface area contributed by atoms with Crippen molar-refractivity contribution in [1.82, 2.24) is 0 Å². The van der Waals surface area contributed by atoms with Gasteiger partial charge < -0.3 is 24.3 Å². The zero-order valence-electron chi connectivity index (χ0n) is 8.87. The third-order valence-corrected chi connectivity index (χ3v) is 3.10. The molecule has 1 aliphatic heterocycles. The highest BCUT2D eigenvalue weighted by Crippen LogP contribution is 2.43. The molecule has 1 saturated heterocycles. The van der Waals surface area contributed by atoms with Crippen molar-refractivity contribution in [1.29, 1.82) is 0 Å². The molecule has 12 heteroatoms. The number of ether oxygens (including phenoxy) is 1. The van der Waals surface area contributed by atoms with Gasteiger partial charge >= 0.3 is 15.6 Å². The smallest absolute Gasteiger partial charge is 0.379 e. The van der Waals surface area contributed by atoms with E-state index >= 15 is 0 Å². The molecule has 9 nitrogen and oxygen atoms in total. The Morgan fingerprint density at radius 1 is 1.24 bits per heavy atom. The van der Waals surface area contributed by atoms with E-state index in [0.29, 0.717) is 0 Å². The van der Waals surface area contributed by atoms with Gasteiger partial charge in [0, 0.05) is 6.00 Å². The van der Waals surface area contributed by atoms with E-state index < -0.39 is 34.5 Å². The molecule has 0 aromatic rings. The molecule has 0 saturated carbocycles. The summed E-state index contributed by atoms with van der Waals surface area (Å²) in [6.07, 6.45) is -1.68. The quantitative estimate of drug-likeness (QED) is 0.345. The Labute approximate surface area is 98.0 Å². The van der Waals surface area contributed by atoms with E-state index in [0.717, 1.165) is 0 Å². The topological polar surface area (TPSA) is 143 Å². The van der Waals surface area contributed by atoms with Crippen LogP contribution in [-0.4, -0.2) is 52.2 Å². The average molecular weight is 290 g/mol. The zero-order chi connectivity index (χ0) is 13.3. The summed E-state index contributed by atoms with van der Waals surface area (Å²) < 4.78 is 35.0. The summed E-state index contributed by atoms with van der Waals surface area (Å²) in [6.45, 7) is -0.501. The number of hydrogen-bond acceptors (Lipinski definition) is 5. The van der Waals surface area contributed by atoms with Crippen molar-refractivity contribution < 1.29 is 42.5 Å². The Morgan fingerprint density at radius 2 is 1.82 bits per heavy atom. The van der Waals surface area contributed by atoms with Crippen molar-refractivity contribution in [2.75, 3.05) is 6.61 Å². The van der Waals surface area contributed by atoms with E-state index in [1.165, 1.54) is 0 Å². The lowest BCUT2D eigenvalue weighted by molar-refractivity contribution is -0.00430. The van der Waals surface area contributed by atoms with Crippen LogP contribution in [0.2, 0.25) is 0 Å². The Morgan fingerprint density at radius 3 is 2.29 bits per heavy atom. The first kappa shape index (κ1) is 15.3. The minimum Gasteiger partial charge on any atom is -0.379 e. The van der Waals surface area contributed by atoms with Gasteiger partial charge in [0.2, 0.25) is 0 Å². The van der Waals surface area contributed by atoms with E-state index in [-0.39, 0.29) is 12.4 Å². The lowest BCUT2D eigenvalue weighted by Gasteiger charge is -2.19. The molecule has 0 unspecified atom stereocenters. The highest BCUT2D eigenvalue weighted by atomic mass is 31.2. The summed E-state index contributed by atoms with van der Waals surface area (Å²) in [7, 11) is -7.67. The molecule has 0 amide bonds. The second kappa shape index (κ2) is 5.48. The first-order valence-electron chi connectivity index (χ1n) is 4.66. The molecule has 1 rings (SSSR count). The Balaban J connectivity index is 2.56. The first-order chi connectivity index (χ1) is 7.57. The van der Waals surface area contributed by atoms with Gasteiger partial charge in [-0.2, -0.15) is 0 Å². The maximum absolute atomic E-state index is 10.7. The second-order valence-corrected chi connectivity index (χ2v) is 6.07. The van der Waals surface area contributed by atoms with Crippen LogP contribution in [0.3, 0.4) is 0 Å². The van der Waals surface area contributed by atoms with E-state index in [1.807, 2.05) is 0 Å². The van der Waals surface area contributed by atoms with Crippen molar-refractivity contribution in [3.63, 3.8) is 0 Å². The van der Waals surface area contributed by atoms with Gasteiger partial charge in [-0.3, -0.25) is 9.05 Å². The summed E-state index contributed by atoms with van der Waals surface area (Å²) in [5, 5.41) is 0. The van der Waals surface area contributed by atoms with E-state index in [2.05, 4.69) is 9.05 Å². The third kappa shape index (κ3) is 6.10. The molecule has 0 spiro atoms. The van der Waals surface area contributed by atoms with Crippen LogP contribution in [0.15, 0.2) is 0 Å². The summed E-state index contributed by atoms with van der Waals surface area (Å²) in [4.78, 5) is 34.3. The molecule has 3 atom stereocenters. The molecule has 0 aromatic carbocycles. The summed E-state index contributed by atoms with van der Waals surface area (Å²) in [5.41, 5.74) is 0. The zero-order valence-corrected chi connectivity index (χ0v) is 10.7. The molecule has 17 heavy (non-hydrogen) atoms. The highest BCUT2D eigenvalue weighted by Gasteiger charge is 2.39. The monoisotopic (exact) mass is 290 g/mol. The van der Waals surface area contributed by atoms with Gasteiger partial charge in [0.1, 0.15) is 14.0 Å². The molecular formula is C5H13BO9P2. The molecule has 100 valence electrons. The molecular weight excluding hydrogens is 277 g/mol. The lowest BCUT2D eigenvalue weighted by atomic mass is 9.96. The Kier molecular flexibility index (Phi) is 4.93. The first-order valence-corrected chi connectivity index (χ1v) is 7.72. The molecule has 0 aliphatic carbocycles. The van der Waals surface area contributed by atoms with Gasteiger partial charge in [-0.25, -0.2) is 9.13 Å². The number of phosphoric ester groups is 2. The van der Waals surface area contributed by atoms with Crippen molar-refractivity contribution in [3.8, 4) is 0 Å². The maximum Gasteiger partial charge on any atom is 0.469 e. The van der Waals surface area contributed by atoms with Crippen LogP contribution < -0.4 is 0 Å².